The van der Waals surface area contributed by atoms with Gasteiger partial charge in [-0.25, -0.2) is 9.18 Å². The minimum Gasteiger partial charge on any atom is -0.391 e. The number of likely N-dealkylation sites (tertiary alicyclic amines) is 1. The molecule has 0 bridgehead atoms. The van der Waals surface area contributed by atoms with E-state index in [1.807, 2.05) is 16.9 Å². The molecule has 2 amide bonds. The van der Waals surface area contributed by atoms with Crippen LogP contribution in [0.1, 0.15) is 18.9 Å². The number of hydrogen-bond donors (Lipinski definition) is 2. The van der Waals surface area contributed by atoms with Crippen molar-refractivity contribution in [3.05, 3.63) is 48.5 Å². The van der Waals surface area contributed by atoms with Crippen LogP contribution >= 0.6 is 0 Å². The van der Waals surface area contributed by atoms with Gasteiger partial charge in [0, 0.05) is 31.2 Å². The van der Waals surface area contributed by atoms with E-state index in [4.69, 9.17) is 0 Å². The summed E-state index contributed by atoms with van der Waals surface area (Å²) < 4.78 is 14.8. The summed E-state index contributed by atoms with van der Waals surface area (Å²) in [4.78, 5) is 14.3. The fourth-order valence-electron chi connectivity index (χ4n) is 4.07. The maximum atomic E-state index is 13.0. The van der Waals surface area contributed by atoms with E-state index in [9.17, 15) is 14.3 Å². The molecule has 2 N–H and O–H groups in total. The summed E-state index contributed by atoms with van der Waals surface area (Å²) >= 11 is 0. The molecule has 2 aliphatic rings. The van der Waals surface area contributed by atoms with Gasteiger partial charge in [-0.3, -0.25) is 4.68 Å². The van der Waals surface area contributed by atoms with Gasteiger partial charge in [0.15, 0.2) is 0 Å². The first-order valence-corrected chi connectivity index (χ1v) is 8.59. The summed E-state index contributed by atoms with van der Waals surface area (Å²) in [5.41, 5.74) is 0.579. The second-order valence-electron chi connectivity index (χ2n) is 6.95. The Labute approximate surface area is 145 Å². The number of carbonyl (C=O) groups excluding carboxylic acids is 1. The number of carbonyl (C=O) groups is 1. The minimum absolute atomic E-state index is 0.0311. The fourth-order valence-corrected chi connectivity index (χ4v) is 4.07. The molecule has 1 aliphatic carbocycles. The molecule has 1 aliphatic heterocycles. The lowest BCUT2D eigenvalue weighted by molar-refractivity contribution is 0.0306. The van der Waals surface area contributed by atoms with Crippen molar-refractivity contribution in [1.29, 1.82) is 0 Å². The van der Waals surface area contributed by atoms with E-state index in [1.165, 1.54) is 12.1 Å². The second-order valence-corrected chi connectivity index (χ2v) is 6.95. The number of hydrogen-bond acceptors (Lipinski definition) is 3. The number of benzene rings is 1. The van der Waals surface area contributed by atoms with Crippen LogP contribution < -0.4 is 5.32 Å². The third-order valence-corrected chi connectivity index (χ3v) is 5.36. The standard InChI is InChI=1S/C18H21FN4O2/c19-14-2-4-15(5-3-14)21-18(25)22-10-12-8-16(23-7-1-6-20-23)17(24)9-13(12)11-22/h1-7,12-13,16-17,24H,8-11H2,(H,21,25)/t12-,13+,16-,17-/m0/s1. The zero-order chi connectivity index (χ0) is 17.4. The van der Waals surface area contributed by atoms with Crippen molar-refractivity contribution >= 4 is 11.7 Å². The third kappa shape index (κ3) is 3.24. The highest BCUT2D eigenvalue weighted by atomic mass is 19.1. The van der Waals surface area contributed by atoms with Gasteiger partial charge >= 0.3 is 6.03 Å². The van der Waals surface area contributed by atoms with Gasteiger partial charge in [-0.1, -0.05) is 0 Å². The van der Waals surface area contributed by atoms with Crippen LogP contribution in [0.4, 0.5) is 14.9 Å². The SMILES string of the molecule is O=C(Nc1ccc(F)cc1)N1C[C@H]2C[C@H](O)[C@@H](n3cccn3)C[C@H]2C1. The number of fused-ring (bicyclic) bond motifs is 1. The Hall–Kier alpha value is -2.41. The number of nitrogens with zero attached hydrogens (tertiary/aromatic N) is 3. The monoisotopic (exact) mass is 344 g/mol. The molecule has 1 aromatic carbocycles. The maximum Gasteiger partial charge on any atom is 0.321 e. The lowest BCUT2D eigenvalue weighted by Gasteiger charge is -2.35. The van der Waals surface area contributed by atoms with Crippen molar-refractivity contribution in [3.8, 4) is 0 Å². The predicted octanol–water partition coefficient (Wildman–Crippen LogP) is 2.50. The average molecular weight is 344 g/mol. The van der Waals surface area contributed by atoms with E-state index in [2.05, 4.69) is 10.4 Å². The molecule has 6 nitrogen and oxygen atoms in total. The molecule has 0 spiro atoms. The summed E-state index contributed by atoms with van der Waals surface area (Å²) in [5, 5.41) is 17.5. The van der Waals surface area contributed by atoms with Gasteiger partial charge in [0.2, 0.25) is 0 Å². The van der Waals surface area contributed by atoms with Crippen LogP contribution in [0.2, 0.25) is 0 Å². The fraction of sp³-hybridized carbons (Fsp3) is 0.444. The first-order valence-electron chi connectivity index (χ1n) is 8.59. The number of anilines is 1. The van der Waals surface area contributed by atoms with E-state index in [-0.39, 0.29) is 17.9 Å². The summed E-state index contributed by atoms with van der Waals surface area (Å²) in [6.07, 6.45) is 4.64. The summed E-state index contributed by atoms with van der Waals surface area (Å²) in [5.74, 6) is 0.334. The van der Waals surface area contributed by atoms with Crippen molar-refractivity contribution in [2.45, 2.75) is 25.0 Å². The summed E-state index contributed by atoms with van der Waals surface area (Å²) in [6, 6.07) is 7.40. The van der Waals surface area contributed by atoms with Crippen molar-refractivity contribution in [1.82, 2.24) is 14.7 Å². The van der Waals surface area contributed by atoms with Gasteiger partial charge in [0.25, 0.3) is 0 Å². The van der Waals surface area contributed by atoms with Crippen LogP contribution in [0.5, 0.6) is 0 Å². The molecule has 1 aromatic heterocycles. The molecule has 2 heterocycles. The molecule has 4 rings (SSSR count). The first-order chi connectivity index (χ1) is 12.1. The molecule has 132 valence electrons. The molecule has 2 aromatic rings. The van der Waals surface area contributed by atoms with E-state index >= 15 is 0 Å². The van der Waals surface area contributed by atoms with Gasteiger partial charge in [0.05, 0.1) is 12.1 Å². The Morgan fingerprint density at radius 1 is 1.20 bits per heavy atom. The summed E-state index contributed by atoms with van der Waals surface area (Å²) in [6.45, 7) is 1.31. The molecule has 4 atom stereocenters. The number of halogens is 1. The smallest absolute Gasteiger partial charge is 0.321 e. The molecule has 1 saturated heterocycles. The van der Waals surface area contributed by atoms with Gasteiger partial charge in [-0.15, -0.1) is 0 Å². The average Bonchev–Trinajstić information content (AvgIpc) is 3.25. The van der Waals surface area contributed by atoms with Gasteiger partial charge in [-0.05, 0) is 55.0 Å². The largest absolute Gasteiger partial charge is 0.391 e. The molecule has 0 radical (unpaired) electrons. The number of nitrogens with one attached hydrogen (secondary N) is 1. The molecule has 1 saturated carbocycles. The highest BCUT2D eigenvalue weighted by Gasteiger charge is 2.43. The Balaban J connectivity index is 1.40. The Morgan fingerprint density at radius 3 is 2.60 bits per heavy atom. The van der Waals surface area contributed by atoms with Crippen molar-refractivity contribution in [3.63, 3.8) is 0 Å². The van der Waals surface area contributed by atoms with E-state index in [1.54, 1.807) is 23.2 Å². The highest BCUT2D eigenvalue weighted by Crippen LogP contribution is 2.41. The number of rotatable bonds is 2. The molecule has 7 heteroatoms. The Bertz CT molecular complexity index is 734. The second kappa shape index (κ2) is 6.48. The van der Waals surface area contributed by atoms with Crippen LogP contribution in [0.25, 0.3) is 0 Å². The number of urea groups is 1. The summed E-state index contributed by atoms with van der Waals surface area (Å²) in [7, 11) is 0. The lowest BCUT2D eigenvalue weighted by Crippen LogP contribution is -2.36. The van der Waals surface area contributed by atoms with Crippen LogP contribution in [0.15, 0.2) is 42.7 Å². The number of aliphatic hydroxyl groups excluding tert-OH is 1. The highest BCUT2D eigenvalue weighted by molar-refractivity contribution is 5.89. The topological polar surface area (TPSA) is 70.4 Å². The molecular formula is C18H21FN4O2. The van der Waals surface area contributed by atoms with Crippen molar-refractivity contribution < 1.29 is 14.3 Å². The normalized spacial score (nSPS) is 28.6. The van der Waals surface area contributed by atoms with E-state index in [0.29, 0.717) is 37.0 Å². The van der Waals surface area contributed by atoms with Crippen molar-refractivity contribution in [2.75, 3.05) is 18.4 Å². The van der Waals surface area contributed by atoms with Crippen LogP contribution in [0, 0.1) is 17.7 Å². The lowest BCUT2D eigenvalue weighted by atomic mass is 9.77. The first kappa shape index (κ1) is 16.1. The third-order valence-electron chi connectivity index (χ3n) is 5.36. The quantitative estimate of drug-likeness (QED) is 0.879. The van der Waals surface area contributed by atoms with Crippen LogP contribution in [0.3, 0.4) is 0 Å². The molecule has 2 fully saturated rings. The number of aliphatic hydroxyl groups is 1. The van der Waals surface area contributed by atoms with Crippen LogP contribution in [-0.2, 0) is 0 Å². The van der Waals surface area contributed by atoms with E-state index in [0.717, 1.165) is 6.42 Å². The van der Waals surface area contributed by atoms with Gasteiger partial charge in [0.1, 0.15) is 5.82 Å². The molecular weight excluding hydrogens is 323 g/mol. The maximum absolute atomic E-state index is 13.0. The Morgan fingerprint density at radius 2 is 1.92 bits per heavy atom. The zero-order valence-corrected chi connectivity index (χ0v) is 13.8. The van der Waals surface area contributed by atoms with Crippen molar-refractivity contribution in [2.24, 2.45) is 11.8 Å². The Kier molecular flexibility index (Phi) is 4.17. The number of amides is 2. The molecule has 0 unspecified atom stereocenters. The molecule has 25 heavy (non-hydrogen) atoms. The minimum atomic E-state index is -0.443. The number of aromatic nitrogens is 2. The zero-order valence-electron chi connectivity index (χ0n) is 13.8. The van der Waals surface area contributed by atoms with Crippen LogP contribution in [-0.4, -0.2) is 45.0 Å². The predicted molar refractivity (Wildman–Crippen MR) is 90.5 cm³/mol. The van der Waals surface area contributed by atoms with Gasteiger partial charge in [-0.2, -0.15) is 5.10 Å². The van der Waals surface area contributed by atoms with Gasteiger partial charge < -0.3 is 15.3 Å². The van der Waals surface area contributed by atoms with E-state index < -0.39 is 6.10 Å².